The van der Waals surface area contributed by atoms with Crippen molar-refractivity contribution in [3.63, 3.8) is 0 Å². The third-order valence-corrected chi connectivity index (χ3v) is 4.91. The van der Waals surface area contributed by atoms with Gasteiger partial charge in [0.05, 0.1) is 10.6 Å². The highest BCUT2D eigenvalue weighted by Gasteiger charge is 2.21. The lowest BCUT2D eigenvalue weighted by Crippen LogP contribution is -2.22. The molecule has 130 valence electrons. The molecule has 0 aliphatic carbocycles. The van der Waals surface area contributed by atoms with Crippen LogP contribution in [0.5, 0.6) is 0 Å². The van der Waals surface area contributed by atoms with Crippen LogP contribution in [0.25, 0.3) is 0 Å². The van der Waals surface area contributed by atoms with E-state index in [1.165, 1.54) is 6.26 Å². The van der Waals surface area contributed by atoms with E-state index >= 15 is 0 Å². The first kappa shape index (κ1) is 18.4. The molecule has 1 aromatic heterocycles. The van der Waals surface area contributed by atoms with Gasteiger partial charge in [0.2, 0.25) is 5.95 Å². The molecule has 0 amide bonds. The third-order valence-electron chi connectivity index (χ3n) is 3.78. The summed E-state index contributed by atoms with van der Waals surface area (Å²) in [6.07, 6.45) is 3.08. The predicted molar refractivity (Wildman–Crippen MR) is 97.7 cm³/mol. The molecular weight excluding hydrogens is 322 g/mol. The molecule has 0 aliphatic rings. The van der Waals surface area contributed by atoms with E-state index < -0.39 is 9.84 Å². The van der Waals surface area contributed by atoms with Gasteiger partial charge in [0.1, 0.15) is 0 Å². The fourth-order valence-electron chi connectivity index (χ4n) is 2.77. The van der Waals surface area contributed by atoms with Crippen molar-refractivity contribution in [1.82, 2.24) is 9.97 Å². The van der Waals surface area contributed by atoms with Crippen molar-refractivity contribution in [2.45, 2.75) is 45.4 Å². The fourth-order valence-corrected chi connectivity index (χ4v) is 3.69. The molecule has 0 aliphatic heterocycles. The summed E-state index contributed by atoms with van der Waals surface area (Å²) >= 11 is 0. The van der Waals surface area contributed by atoms with Crippen LogP contribution in [0, 0.1) is 13.8 Å². The minimum atomic E-state index is -3.35. The Balaban J connectivity index is 2.63. The second kappa shape index (κ2) is 7.30. The molecule has 1 heterocycles. The van der Waals surface area contributed by atoms with E-state index in [4.69, 9.17) is 0 Å². The van der Waals surface area contributed by atoms with Crippen LogP contribution in [-0.2, 0) is 16.3 Å². The van der Waals surface area contributed by atoms with Gasteiger partial charge < -0.3 is 4.90 Å². The molecule has 0 bridgehead atoms. The zero-order valence-electron chi connectivity index (χ0n) is 15.0. The van der Waals surface area contributed by atoms with Gasteiger partial charge in [0.25, 0.3) is 0 Å². The van der Waals surface area contributed by atoms with E-state index in [1.54, 1.807) is 6.07 Å². The largest absolute Gasteiger partial charge is 0.309 e. The number of anilines is 2. The van der Waals surface area contributed by atoms with Crippen LogP contribution in [-0.4, -0.2) is 31.2 Å². The maximum absolute atomic E-state index is 12.3. The number of nitrogens with zero attached hydrogens (tertiary/aromatic N) is 3. The van der Waals surface area contributed by atoms with Crippen LogP contribution in [0.4, 0.5) is 11.6 Å². The van der Waals surface area contributed by atoms with Gasteiger partial charge >= 0.3 is 0 Å². The lowest BCUT2D eigenvalue weighted by molar-refractivity contribution is 0.601. The number of aryl methyl sites for hydroxylation is 3. The van der Waals surface area contributed by atoms with Crippen molar-refractivity contribution in [3.8, 4) is 0 Å². The summed E-state index contributed by atoms with van der Waals surface area (Å²) in [5.74, 6) is 0.531. The van der Waals surface area contributed by atoms with Gasteiger partial charge in [0, 0.05) is 24.2 Å². The highest BCUT2D eigenvalue weighted by atomic mass is 32.2. The topological polar surface area (TPSA) is 63.2 Å². The number of benzene rings is 1. The first-order valence-electron chi connectivity index (χ1n) is 8.19. The standard InChI is InChI=1S/C18H25N3O2S/c1-6-8-15-9-10-16(17(12-15)24(5,22)23)21(7-2)18-19-13(3)11-14(4)20-18/h9-12H,6-8H2,1-5H3. The summed E-state index contributed by atoms with van der Waals surface area (Å²) in [6.45, 7) is 8.45. The van der Waals surface area contributed by atoms with Gasteiger partial charge in [-0.05, 0) is 51.0 Å². The van der Waals surface area contributed by atoms with Crippen LogP contribution in [0.2, 0.25) is 0 Å². The SMILES string of the molecule is CCCc1ccc(N(CC)c2nc(C)cc(C)n2)c(S(C)(=O)=O)c1. The summed E-state index contributed by atoms with van der Waals surface area (Å²) in [6, 6.07) is 7.53. The van der Waals surface area contributed by atoms with Crippen LogP contribution >= 0.6 is 0 Å². The quantitative estimate of drug-likeness (QED) is 0.799. The Hall–Kier alpha value is -1.95. The highest BCUT2D eigenvalue weighted by molar-refractivity contribution is 7.90. The summed E-state index contributed by atoms with van der Waals surface area (Å²) in [5, 5.41) is 0. The molecule has 0 spiro atoms. The van der Waals surface area contributed by atoms with Crippen molar-refractivity contribution in [2.75, 3.05) is 17.7 Å². The van der Waals surface area contributed by atoms with E-state index in [9.17, 15) is 8.42 Å². The molecule has 0 atom stereocenters. The minimum absolute atomic E-state index is 0.332. The molecule has 0 unspecified atom stereocenters. The van der Waals surface area contributed by atoms with Crippen molar-refractivity contribution in [1.29, 1.82) is 0 Å². The molecule has 0 N–H and O–H groups in total. The summed E-state index contributed by atoms with van der Waals surface area (Å²) in [5.41, 5.74) is 3.38. The number of sulfone groups is 1. The van der Waals surface area contributed by atoms with Crippen LogP contribution in [0.15, 0.2) is 29.2 Å². The molecule has 1 aromatic carbocycles. The van der Waals surface area contributed by atoms with Gasteiger partial charge in [-0.3, -0.25) is 0 Å². The first-order valence-corrected chi connectivity index (χ1v) is 10.1. The zero-order chi connectivity index (χ0) is 17.9. The number of rotatable bonds is 6. The molecule has 0 radical (unpaired) electrons. The van der Waals surface area contributed by atoms with Gasteiger partial charge in [-0.25, -0.2) is 18.4 Å². The maximum atomic E-state index is 12.3. The van der Waals surface area contributed by atoms with Crippen molar-refractivity contribution in [3.05, 3.63) is 41.2 Å². The summed E-state index contributed by atoms with van der Waals surface area (Å²) < 4.78 is 24.7. The molecule has 0 fully saturated rings. The predicted octanol–water partition coefficient (Wildman–Crippen LogP) is 3.61. The van der Waals surface area contributed by atoms with Crippen molar-refractivity contribution in [2.24, 2.45) is 0 Å². The maximum Gasteiger partial charge on any atom is 0.230 e. The number of aromatic nitrogens is 2. The van der Waals surface area contributed by atoms with E-state index in [2.05, 4.69) is 16.9 Å². The Bertz CT molecular complexity index is 812. The minimum Gasteiger partial charge on any atom is -0.309 e. The molecule has 2 aromatic rings. The zero-order valence-corrected chi connectivity index (χ0v) is 15.8. The Morgan fingerprint density at radius 2 is 1.67 bits per heavy atom. The van der Waals surface area contributed by atoms with E-state index in [0.29, 0.717) is 23.1 Å². The van der Waals surface area contributed by atoms with Crippen molar-refractivity contribution < 1.29 is 8.42 Å². The number of hydrogen-bond donors (Lipinski definition) is 0. The van der Waals surface area contributed by atoms with Gasteiger partial charge in [-0.1, -0.05) is 19.4 Å². The Morgan fingerprint density at radius 1 is 1.04 bits per heavy atom. The first-order chi connectivity index (χ1) is 11.3. The second-order valence-electron chi connectivity index (χ2n) is 6.02. The summed E-state index contributed by atoms with van der Waals surface area (Å²) in [4.78, 5) is 11.2. The smallest absolute Gasteiger partial charge is 0.230 e. The van der Waals surface area contributed by atoms with E-state index in [1.807, 2.05) is 43.9 Å². The Morgan fingerprint density at radius 3 is 2.17 bits per heavy atom. The van der Waals surface area contributed by atoms with Crippen LogP contribution in [0.3, 0.4) is 0 Å². The molecule has 5 nitrogen and oxygen atoms in total. The number of hydrogen-bond acceptors (Lipinski definition) is 5. The average Bonchev–Trinajstić information content (AvgIpc) is 2.47. The van der Waals surface area contributed by atoms with Crippen LogP contribution < -0.4 is 4.90 Å². The fraction of sp³-hybridized carbons (Fsp3) is 0.444. The van der Waals surface area contributed by atoms with E-state index in [0.717, 1.165) is 29.8 Å². The Labute approximate surface area is 144 Å². The molecule has 6 heteroatoms. The molecule has 0 saturated carbocycles. The summed E-state index contributed by atoms with van der Waals surface area (Å²) in [7, 11) is -3.35. The van der Waals surface area contributed by atoms with Gasteiger partial charge in [0.15, 0.2) is 9.84 Å². The van der Waals surface area contributed by atoms with Crippen LogP contribution in [0.1, 0.15) is 37.2 Å². The second-order valence-corrected chi connectivity index (χ2v) is 8.00. The Kier molecular flexibility index (Phi) is 5.59. The third kappa shape index (κ3) is 4.12. The molecule has 24 heavy (non-hydrogen) atoms. The lowest BCUT2D eigenvalue weighted by atomic mass is 10.1. The van der Waals surface area contributed by atoms with E-state index in [-0.39, 0.29) is 0 Å². The van der Waals surface area contributed by atoms with Gasteiger partial charge in [-0.2, -0.15) is 0 Å². The molecule has 2 rings (SSSR count). The monoisotopic (exact) mass is 347 g/mol. The molecular formula is C18H25N3O2S. The average molecular weight is 347 g/mol. The van der Waals surface area contributed by atoms with Gasteiger partial charge in [-0.15, -0.1) is 0 Å². The lowest BCUT2D eigenvalue weighted by Gasteiger charge is -2.24. The highest BCUT2D eigenvalue weighted by Crippen LogP contribution is 2.31. The molecule has 0 saturated heterocycles. The normalized spacial score (nSPS) is 11.5. The van der Waals surface area contributed by atoms with Crippen molar-refractivity contribution >= 4 is 21.5 Å².